The minimum Gasteiger partial charge on any atom is -0.492 e. The molecule has 0 atom stereocenters. The Morgan fingerprint density at radius 1 is 1.14 bits per heavy atom. The van der Waals surface area contributed by atoms with Gasteiger partial charge in [0.25, 0.3) is 0 Å². The van der Waals surface area contributed by atoms with Crippen molar-refractivity contribution in [2.24, 2.45) is 0 Å². The van der Waals surface area contributed by atoms with Crippen molar-refractivity contribution < 1.29 is 4.74 Å². The van der Waals surface area contributed by atoms with Gasteiger partial charge in [-0.3, -0.25) is 4.98 Å². The molecule has 0 unspecified atom stereocenters. The molecule has 2 aromatic carbocycles. The van der Waals surface area contributed by atoms with Gasteiger partial charge < -0.3 is 15.0 Å². The van der Waals surface area contributed by atoms with E-state index in [1.165, 1.54) is 0 Å². The van der Waals surface area contributed by atoms with E-state index in [-0.39, 0.29) is 0 Å². The van der Waals surface area contributed by atoms with Crippen LogP contribution in [0.3, 0.4) is 0 Å². The quantitative estimate of drug-likeness (QED) is 0.430. The molecule has 0 aliphatic heterocycles. The number of ether oxygens (including phenoxy) is 1. The Kier molecular flexibility index (Phi) is 5.14. The molecule has 0 amide bonds. The first-order valence-electron chi connectivity index (χ1n) is 8.80. The van der Waals surface area contributed by atoms with Crippen LogP contribution in [-0.4, -0.2) is 22.5 Å². The average molecular weight is 389 g/mol. The summed E-state index contributed by atoms with van der Waals surface area (Å²) < 4.78 is 5.63. The summed E-state index contributed by atoms with van der Waals surface area (Å²) in [5.74, 6) is 1.14. The Morgan fingerprint density at radius 2 is 2.07 bits per heavy atom. The van der Waals surface area contributed by atoms with Gasteiger partial charge in [-0.25, -0.2) is 0 Å². The van der Waals surface area contributed by atoms with E-state index in [2.05, 4.69) is 21.4 Å². The monoisotopic (exact) mass is 388 g/mol. The predicted octanol–water partition coefficient (Wildman–Crippen LogP) is 5.46. The van der Waals surface area contributed by atoms with Crippen molar-refractivity contribution >= 4 is 33.9 Å². The average Bonchev–Trinajstić information content (AvgIpc) is 3.20. The number of aromatic amines is 1. The Labute approximate surface area is 167 Å². The topological polar surface area (TPSA) is 73.7 Å². The summed E-state index contributed by atoms with van der Waals surface area (Å²) >= 11 is 5.71. The van der Waals surface area contributed by atoms with E-state index in [1.807, 2.05) is 54.7 Å². The van der Waals surface area contributed by atoms with E-state index in [0.717, 1.165) is 33.5 Å². The van der Waals surface area contributed by atoms with Gasteiger partial charge in [-0.15, -0.1) is 11.6 Å². The Bertz CT molecular complexity index is 1160. The van der Waals surface area contributed by atoms with E-state index in [9.17, 15) is 5.26 Å². The van der Waals surface area contributed by atoms with Gasteiger partial charge in [-0.2, -0.15) is 5.26 Å². The maximum Gasteiger partial charge on any atom is 0.119 e. The second kappa shape index (κ2) is 8.03. The van der Waals surface area contributed by atoms with Crippen LogP contribution in [0.2, 0.25) is 0 Å². The SMILES string of the molecule is N#Cc1cncc(-c2cccc(OCCCl)c2)c1Nc1ccc2cc[nH]c2c1. The normalized spacial score (nSPS) is 10.6. The standard InChI is InChI=1S/C22H17ClN4O/c23-7-9-28-19-3-1-2-16(10-19)20-14-25-13-17(12-24)22(20)27-18-5-4-15-6-8-26-21(15)11-18/h1-6,8,10-11,13-14,26H,7,9H2,(H,25,27). The van der Waals surface area contributed by atoms with Crippen LogP contribution >= 0.6 is 11.6 Å². The van der Waals surface area contributed by atoms with Crippen LogP contribution in [0.25, 0.3) is 22.0 Å². The lowest BCUT2D eigenvalue weighted by molar-refractivity contribution is 0.343. The third-order valence-corrected chi connectivity index (χ3v) is 4.54. The van der Waals surface area contributed by atoms with E-state index in [1.54, 1.807) is 12.4 Å². The summed E-state index contributed by atoms with van der Waals surface area (Å²) in [6, 6.07) is 17.9. The molecule has 2 N–H and O–H groups in total. The predicted molar refractivity (Wildman–Crippen MR) is 112 cm³/mol. The minimum absolute atomic E-state index is 0.420. The summed E-state index contributed by atoms with van der Waals surface area (Å²) in [6.07, 6.45) is 5.21. The molecule has 5 nitrogen and oxygen atoms in total. The minimum atomic E-state index is 0.420. The lowest BCUT2D eigenvalue weighted by Gasteiger charge is -2.14. The van der Waals surface area contributed by atoms with Gasteiger partial charge >= 0.3 is 0 Å². The number of pyridine rings is 1. The van der Waals surface area contributed by atoms with Crippen LogP contribution in [0.4, 0.5) is 11.4 Å². The molecule has 2 heterocycles. The number of halogens is 1. The highest BCUT2D eigenvalue weighted by Crippen LogP contribution is 2.34. The number of H-pyrrole nitrogens is 1. The molecule has 28 heavy (non-hydrogen) atoms. The highest BCUT2D eigenvalue weighted by atomic mass is 35.5. The van der Waals surface area contributed by atoms with Crippen molar-refractivity contribution in [2.45, 2.75) is 0 Å². The van der Waals surface area contributed by atoms with Crippen molar-refractivity contribution in [1.29, 1.82) is 5.26 Å². The van der Waals surface area contributed by atoms with Crippen LogP contribution in [0, 0.1) is 11.3 Å². The summed E-state index contributed by atoms with van der Waals surface area (Å²) in [7, 11) is 0. The number of nitrogens with one attached hydrogen (secondary N) is 2. The molecule has 0 aliphatic carbocycles. The molecule has 0 saturated carbocycles. The molecule has 0 saturated heterocycles. The molecule has 2 aromatic heterocycles. The summed E-state index contributed by atoms with van der Waals surface area (Å²) in [5, 5.41) is 14.1. The first-order valence-corrected chi connectivity index (χ1v) is 9.33. The number of nitriles is 1. The Balaban J connectivity index is 1.75. The Hall–Kier alpha value is -3.49. The molecule has 0 radical (unpaired) electrons. The third kappa shape index (κ3) is 3.64. The molecule has 4 rings (SSSR count). The fourth-order valence-corrected chi connectivity index (χ4v) is 3.16. The van der Waals surface area contributed by atoms with Crippen molar-refractivity contribution in [2.75, 3.05) is 17.8 Å². The van der Waals surface area contributed by atoms with Gasteiger partial charge in [0.1, 0.15) is 18.4 Å². The number of benzene rings is 2. The molecule has 138 valence electrons. The van der Waals surface area contributed by atoms with Crippen LogP contribution in [0.15, 0.2) is 67.1 Å². The molecular formula is C22H17ClN4O. The number of anilines is 2. The zero-order chi connectivity index (χ0) is 19.3. The molecule has 6 heteroatoms. The van der Waals surface area contributed by atoms with Gasteiger partial charge in [0.05, 0.1) is 17.1 Å². The van der Waals surface area contributed by atoms with Crippen LogP contribution in [0.1, 0.15) is 5.56 Å². The zero-order valence-electron chi connectivity index (χ0n) is 14.9. The number of rotatable bonds is 6. The van der Waals surface area contributed by atoms with Crippen molar-refractivity contribution in [3.8, 4) is 22.9 Å². The third-order valence-electron chi connectivity index (χ3n) is 4.38. The lowest BCUT2D eigenvalue weighted by Crippen LogP contribution is -2.00. The first-order chi connectivity index (χ1) is 13.8. The van der Waals surface area contributed by atoms with Gasteiger partial charge in [0, 0.05) is 35.4 Å². The van der Waals surface area contributed by atoms with Crippen LogP contribution in [-0.2, 0) is 0 Å². The van der Waals surface area contributed by atoms with Crippen LogP contribution < -0.4 is 10.1 Å². The Morgan fingerprint density at radius 3 is 2.93 bits per heavy atom. The summed E-state index contributed by atoms with van der Waals surface area (Å²) in [5.41, 5.74) is 4.81. The fourth-order valence-electron chi connectivity index (χ4n) is 3.08. The first kappa shape index (κ1) is 17.9. The maximum atomic E-state index is 9.60. The molecule has 0 spiro atoms. The molecule has 0 bridgehead atoms. The van der Waals surface area contributed by atoms with Crippen molar-refractivity contribution in [3.63, 3.8) is 0 Å². The number of alkyl halides is 1. The number of aromatic nitrogens is 2. The lowest BCUT2D eigenvalue weighted by atomic mass is 10.0. The molecular weight excluding hydrogens is 372 g/mol. The highest BCUT2D eigenvalue weighted by molar-refractivity contribution is 6.18. The number of nitrogens with zero attached hydrogens (tertiary/aromatic N) is 2. The van der Waals surface area contributed by atoms with Crippen molar-refractivity contribution in [3.05, 3.63) is 72.7 Å². The zero-order valence-corrected chi connectivity index (χ0v) is 15.7. The molecule has 0 fully saturated rings. The van der Waals surface area contributed by atoms with Gasteiger partial charge in [0.2, 0.25) is 0 Å². The maximum absolute atomic E-state index is 9.60. The number of fused-ring (bicyclic) bond motifs is 1. The number of hydrogen-bond donors (Lipinski definition) is 2. The summed E-state index contributed by atoms with van der Waals surface area (Å²) in [4.78, 5) is 7.44. The fraction of sp³-hybridized carbons (Fsp3) is 0.0909. The van der Waals surface area contributed by atoms with Gasteiger partial charge in [-0.1, -0.05) is 18.2 Å². The van der Waals surface area contributed by atoms with E-state index in [0.29, 0.717) is 23.7 Å². The smallest absolute Gasteiger partial charge is 0.119 e. The highest BCUT2D eigenvalue weighted by Gasteiger charge is 2.13. The second-order valence-electron chi connectivity index (χ2n) is 6.19. The molecule has 0 aliphatic rings. The van der Waals surface area contributed by atoms with Gasteiger partial charge in [-0.05, 0) is 41.3 Å². The van der Waals surface area contributed by atoms with Gasteiger partial charge in [0.15, 0.2) is 0 Å². The van der Waals surface area contributed by atoms with Crippen LogP contribution in [0.5, 0.6) is 5.75 Å². The largest absolute Gasteiger partial charge is 0.492 e. The van der Waals surface area contributed by atoms with E-state index >= 15 is 0 Å². The molecule has 4 aromatic rings. The van der Waals surface area contributed by atoms with E-state index < -0.39 is 0 Å². The van der Waals surface area contributed by atoms with Crippen molar-refractivity contribution in [1.82, 2.24) is 9.97 Å². The van der Waals surface area contributed by atoms with E-state index in [4.69, 9.17) is 16.3 Å². The second-order valence-corrected chi connectivity index (χ2v) is 6.57. The number of hydrogen-bond acceptors (Lipinski definition) is 4. The summed E-state index contributed by atoms with van der Waals surface area (Å²) in [6.45, 7) is 0.433.